The van der Waals surface area contributed by atoms with Gasteiger partial charge in [0.05, 0.1) is 0 Å². The lowest BCUT2D eigenvalue weighted by Gasteiger charge is -2.31. The van der Waals surface area contributed by atoms with E-state index in [2.05, 4.69) is 28.1 Å². The molecule has 0 saturated heterocycles. The van der Waals surface area contributed by atoms with Crippen molar-refractivity contribution in [2.45, 2.75) is 51.0 Å². The van der Waals surface area contributed by atoms with Gasteiger partial charge in [0.25, 0.3) is 0 Å². The third-order valence-corrected chi connectivity index (χ3v) is 4.53. The zero-order valence-corrected chi connectivity index (χ0v) is 13.2. The van der Waals surface area contributed by atoms with Crippen molar-refractivity contribution < 1.29 is 4.79 Å². The van der Waals surface area contributed by atoms with Crippen LogP contribution in [-0.2, 0) is 11.2 Å². The van der Waals surface area contributed by atoms with Crippen LogP contribution in [0.2, 0.25) is 0 Å². The first-order valence-corrected chi connectivity index (χ1v) is 7.96. The fourth-order valence-corrected chi connectivity index (χ4v) is 3.24. The first-order chi connectivity index (χ1) is 9.16. The molecule has 19 heavy (non-hydrogen) atoms. The van der Waals surface area contributed by atoms with Crippen molar-refractivity contribution in [3.05, 3.63) is 34.3 Å². The Labute approximate surface area is 124 Å². The molecule has 1 fully saturated rings. The van der Waals surface area contributed by atoms with E-state index in [4.69, 9.17) is 0 Å². The zero-order chi connectivity index (χ0) is 13.7. The second kappa shape index (κ2) is 7.09. The van der Waals surface area contributed by atoms with E-state index in [-0.39, 0.29) is 5.91 Å². The summed E-state index contributed by atoms with van der Waals surface area (Å²) in [5.74, 6) is 0.284. The van der Waals surface area contributed by atoms with Gasteiger partial charge in [0.1, 0.15) is 0 Å². The van der Waals surface area contributed by atoms with Crippen LogP contribution in [0, 0.1) is 0 Å². The van der Waals surface area contributed by atoms with Gasteiger partial charge < -0.3 is 4.90 Å². The first-order valence-electron chi connectivity index (χ1n) is 7.17. The molecule has 0 heterocycles. The van der Waals surface area contributed by atoms with Crippen molar-refractivity contribution in [2.24, 2.45) is 0 Å². The number of halogens is 1. The average Bonchev–Trinajstić information content (AvgIpc) is 2.45. The smallest absolute Gasteiger partial charge is 0.222 e. The average molecular weight is 324 g/mol. The predicted molar refractivity (Wildman–Crippen MR) is 82.1 cm³/mol. The van der Waals surface area contributed by atoms with Gasteiger partial charge in [0.2, 0.25) is 5.91 Å². The third kappa shape index (κ3) is 4.34. The van der Waals surface area contributed by atoms with Crippen LogP contribution < -0.4 is 0 Å². The summed E-state index contributed by atoms with van der Waals surface area (Å²) >= 11 is 3.47. The summed E-state index contributed by atoms with van der Waals surface area (Å²) < 4.78 is 1.08. The van der Waals surface area contributed by atoms with E-state index in [1.54, 1.807) is 0 Å². The first kappa shape index (κ1) is 14.6. The normalized spacial score (nSPS) is 16.3. The Morgan fingerprint density at radius 3 is 2.74 bits per heavy atom. The Morgan fingerprint density at radius 1 is 1.32 bits per heavy atom. The number of rotatable bonds is 4. The Bertz CT molecular complexity index is 427. The molecule has 0 atom stereocenters. The number of hydrogen-bond acceptors (Lipinski definition) is 1. The quantitative estimate of drug-likeness (QED) is 0.814. The highest BCUT2D eigenvalue weighted by atomic mass is 79.9. The van der Waals surface area contributed by atoms with Crippen molar-refractivity contribution in [1.82, 2.24) is 4.90 Å². The molecule has 0 bridgehead atoms. The van der Waals surface area contributed by atoms with Gasteiger partial charge in [-0.05, 0) is 37.0 Å². The molecule has 2 nitrogen and oxygen atoms in total. The highest BCUT2D eigenvalue weighted by Crippen LogP contribution is 2.22. The maximum atomic E-state index is 12.2. The van der Waals surface area contributed by atoms with E-state index >= 15 is 0 Å². The van der Waals surface area contributed by atoms with E-state index in [0.29, 0.717) is 12.5 Å². The van der Waals surface area contributed by atoms with Crippen molar-refractivity contribution in [3.8, 4) is 0 Å². The van der Waals surface area contributed by atoms with Gasteiger partial charge in [-0.25, -0.2) is 0 Å². The van der Waals surface area contributed by atoms with E-state index in [1.807, 2.05) is 24.1 Å². The molecule has 1 aromatic carbocycles. The topological polar surface area (TPSA) is 20.3 Å². The minimum absolute atomic E-state index is 0.284. The summed E-state index contributed by atoms with van der Waals surface area (Å²) in [5.41, 5.74) is 1.22. The van der Waals surface area contributed by atoms with Gasteiger partial charge in [0, 0.05) is 24.0 Å². The van der Waals surface area contributed by atoms with Gasteiger partial charge >= 0.3 is 0 Å². The molecule has 1 saturated carbocycles. The highest BCUT2D eigenvalue weighted by Gasteiger charge is 2.21. The molecule has 0 spiro atoms. The summed E-state index contributed by atoms with van der Waals surface area (Å²) in [6.45, 7) is 0. The molecule has 0 N–H and O–H groups in total. The molecule has 1 aromatic rings. The maximum absolute atomic E-state index is 12.2. The Balaban J connectivity index is 1.83. The Kier molecular flexibility index (Phi) is 5.44. The van der Waals surface area contributed by atoms with Gasteiger partial charge in [-0.1, -0.05) is 47.3 Å². The number of aryl methyl sites for hydroxylation is 1. The molecule has 1 amide bonds. The molecule has 0 aliphatic heterocycles. The Morgan fingerprint density at radius 2 is 2.05 bits per heavy atom. The van der Waals surface area contributed by atoms with E-state index in [1.165, 1.54) is 37.7 Å². The second-order valence-corrected chi connectivity index (χ2v) is 6.34. The van der Waals surface area contributed by atoms with Crippen LogP contribution in [0.4, 0.5) is 0 Å². The third-order valence-electron chi connectivity index (χ3n) is 4.03. The lowest BCUT2D eigenvalue weighted by atomic mass is 9.94. The summed E-state index contributed by atoms with van der Waals surface area (Å²) in [6, 6.07) is 8.68. The number of nitrogens with zero attached hydrogens (tertiary/aromatic N) is 1. The summed E-state index contributed by atoms with van der Waals surface area (Å²) in [6.07, 6.45) is 7.68. The second-order valence-electron chi connectivity index (χ2n) is 5.43. The molecule has 104 valence electrons. The van der Waals surface area contributed by atoms with Gasteiger partial charge in [-0.15, -0.1) is 0 Å². The fourth-order valence-electron chi connectivity index (χ4n) is 2.79. The SMILES string of the molecule is CN(C(=O)CCc1cccc(Br)c1)C1CCCCC1. The summed E-state index contributed by atoms with van der Waals surface area (Å²) in [7, 11) is 1.97. The molecule has 1 aliphatic carbocycles. The van der Waals surface area contributed by atoms with Crippen LogP contribution in [-0.4, -0.2) is 23.9 Å². The number of carbonyl (C=O) groups excluding carboxylic acids is 1. The van der Waals surface area contributed by atoms with Crippen LogP contribution in [0.15, 0.2) is 28.7 Å². The van der Waals surface area contributed by atoms with Gasteiger partial charge in [0.15, 0.2) is 0 Å². The van der Waals surface area contributed by atoms with E-state index in [9.17, 15) is 4.79 Å². The molecule has 0 aromatic heterocycles. The standard InChI is InChI=1S/C16H22BrNO/c1-18(15-8-3-2-4-9-15)16(19)11-10-13-6-5-7-14(17)12-13/h5-7,12,15H,2-4,8-11H2,1H3. The summed E-state index contributed by atoms with van der Waals surface area (Å²) in [4.78, 5) is 14.2. The predicted octanol–water partition coefficient (Wildman–Crippen LogP) is 4.17. The van der Waals surface area contributed by atoms with Crippen LogP contribution >= 0.6 is 15.9 Å². The number of carbonyl (C=O) groups is 1. The van der Waals surface area contributed by atoms with E-state index in [0.717, 1.165) is 10.9 Å². The van der Waals surface area contributed by atoms with Crippen molar-refractivity contribution in [2.75, 3.05) is 7.05 Å². The van der Waals surface area contributed by atoms with Crippen LogP contribution in [0.5, 0.6) is 0 Å². The minimum Gasteiger partial charge on any atom is -0.343 e. The monoisotopic (exact) mass is 323 g/mol. The molecule has 2 rings (SSSR count). The Hall–Kier alpha value is -0.830. The summed E-state index contributed by atoms with van der Waals surface area (Å²) in [5, 5.41) is 0. The number of hydrogen-bond donors (Lipinski definition) is 0. The van der Waals surface area contributed by atoms with Gasteiger partial charge in [-0.2, -0.15) is 0 Å². The van der Waals surface area contributed by atoms with E-state index < -0.39 is 0 Å². The highest BCUT2D eigenvalue weighted by molar-refractivity contribution is 9.10. The number of amides is 1. The largest absolute Gasteiger partial charge is 0.343 e. The lowest BCUT2D eigenvalue weighted by Crippen LogP contribution is -2.38. The van der Waals surface area contributed by atoms with Crippen molar-refractivity contribution in [1.29, 1.82) is 0 Å². The minimum atomic E-state index is 0.284. The van der Waals surface area contributed by atoms with Crippen molar-refractivity contribution >= 4 is 21.8 Å². The fraction of sp³-hybridized carbons (Fsp3) is 0.562. The maximum Gasteiger partial charge on any atom is 0.222 e. The number of benzene rings is 1. The molecule has 0 radical (unpaired) electrons. The van der Waals surface area contributed by atoms with Crippen molar-refractivity contribution in [3.63, 3.8) is 0 Å². The molecular weight excluding hydrogens is 302 g/mol. The van der Waals surface area contributed by atoms with Gasteiger partial charge in [-0.3, -0.25) is 4.79 Å². The molecule has 1 aliphatic rings. The van der Waals surface area contributed by atoms with Crippen LogP contribution in [0.1, 0.15) is 44.1 Å². The molecule has 0 unspecified atom stereocenters. The van der Waals surface area contributed by atoms with Crippen LogP contribution in [0.3, 0.4) is 0 Å². The lowest BCUT2D eigenvalue weighted by molar-refractivity contribution is -0.132. The van der Waals surface area contributed by atoms with Crippen LogP contribution in [0.25, 0.3) is 0 Å². The molecular formula is C16H22BrNO. The molecule has 3 heteroatoms. The zero-order valence-electron chi connectivity index (χ0n) is 11.6.